The first kappa shape index (κ1) is 17.4. The van der Waals surface area contributed by atoms with Gasteiger partial charge in [-0.2, -0.15) is 4.98 Å². The van der Waals surface area contributed by atoms with Crippen molar-refractivity contribution in [1.82, 2.24) is 19.9 Å². The summed E-state index contributed by atoms with van der Waals surface area (Å²) in [6.07, 6.45) is 0. The zero-order chi connectivity index (χ0) is 17.9. The molecule has 2 aromatic heterocycles. The summed E-state index contributed by atoms with van der Waals surface area (Å²) < 4.78 is 5.54. The first-order valence-corrected chi connectivity index (χ1v) is 9.91. The molecule has 1 atom stereocenters. The fraction of sp³-hybridized carbons (Fsp3) is 0.400. The van der Waals surface area contributed by atoms with Crippen molar-refractivity contribution >= 4 is 11.3 Å². The third kappa shape index (κ3) is 3.87. The second-order valence-electron chi connectivity index (χ2n) is 6.82. The van der Waals surface area contributed by atoms with Crippen LogP contribution in [-0.2, 0) is 6.54 Å². The molecule has 3 heterocycles. The van der Waals surface area contributed by atoms with Crippen molar-refractivity contribution in [3.8, 4) is 11.4 Å². The SMILES string of the molecule is Cc1ccc(CN2CCN([C@H](C)c3nc(-c4ccccc4)no3)CC2)s1. The molecule has 26 heavy (non-hydrogen) atoms. The van der Waals surface area contributed by atoms with Crippen LogP contribution in [-0.4, -0.2) is 46.1 Å². The molecular formula is C20H24N4OS. The third-order valence-electron chi connectivity index (χ3n) is 4.96. The molecule has 6 heteroatoms. The van der Waals surface area contributed by atoms with Crippen LogP contribution in [0.25, 0.3) is 11.4 Å². The Morgan fingerprint density at radius 3 is 2.54 bits per heavy atom. The van der Waals surface area contributed by atoms with Crippen LogP contribution in [0.3, 0.4) is 0 Å². The minimum Gasteiger partial charge on any atom is -0.337 e. The quantitative estimate of drug-likeness (QED) is 0.681. The van der Waals surface area contributed by atoms with Crippen molar-refractivity contribution in [3.63, 3.8) is 0 Å². The van der Waals surface area contributed by atoms with Crippen LogP contribution in [0.2, 0.25) is 0 Å². The highest BCUT2D eigenvalue weighted by molar-refractivity contribution is 7.11. The second kappa shape index (κ2) is 7.70. The molecule has 0 radical (unpaired) electrons. The van der Waals surface area contributed by atoms with Crippen molar-refractivity contribution in [1.29, 1.82) is 0 Å². The number of hydrogen-bond acceptors (Lipinski definition) is 6. The van der Waals surface area contributed by atoms with Gasteiger partial charge in [-0.3, -0.25) is 9.80 Å². The Hall–Kier alpha value is -2.02. The molecule has 1 aromatic carbocycles. The molecule has 0 bridgehead atoms. The molecule has 0 saturated carbocycles. The first-order chi connectivity index (χ1) is 12.7. The predicted octanol–water partition coefficient (Wildman–Crippen LogP) is 3.99. The Morgan fingerprint density at radius 1 is 1.08 bits per heavy atom. The summed E-state index contributed by atoms with van der Waals surface area (Å²) in [5.74, 6) is 1.37. The van der Waals surface area contributed by atoms with Crippen LogP contribution >= 0.6 is 11.3 Å². The highest BCUT2D eigenvalue weighted by Gasteiger charge is 2.26. The molecule has 3 aromatic rings. The summed E-state index contributed by atoms with van der Waals surface area (Å²) in [4.78, 5) is 12.4. The second-order valence-corrected chi connectivity index (χ2v) is 8.20. The molecule has 0 amide bonds. The zero-order valence-corrected chi connectivity index (χ0v) is 16.1. The summed E-state index contributed by atoms with van der Waals surface area (Å²) in [6.45, 7) is 9.56. The lowest BCUT2D eigenvalue weighted by molar-refractivity contribution is 0.0851. The molecule has 0 N–H and O–H groups in total. The topological polar surface area (TPSA) is 45.4 Å². The van der Waals surface area contributed by atoms with Gasteiger partial charge in [0.25, 0.3) is 0 Å². The maximum atomic E-state index is 5.54. The smallest absolute Gasteiger partial charge is 0.244 e. The van der Waals surface area contributed by atoms with Gasteiger partial charge in [0.05, 0.1) is 6.04 Å². The normalized spacial score (nSPS) is 17.5. The highest BCUT2D eigenvalue weighted by atomic mass is 32.1. The number of aromatic nitrogens is 2. The van der Waals surface area contributed by atoms with Crippen LogP contribution in [0.5, 0.6) is 0 Å². The number of piperazine rings is 1. The molecule has 1 saturated heterocycles. The summed E-state index contributed by atoms with van der Waals surface area (Å²) >= 11 is 1.90. The van der Waals surface area contributed by atoms with E-state index >= 15 is 0 Å². The summed E-state index contributed by atoms with van der Waals surface area (Å²) in [6, 6.07) is 14.6. The summed E-state index contributed by atoms with van der Waals surface area (Å²) in [5.41, 5.74) is 0.991. The van der Waals surface area contributed by atoms with Crippen LogP contribution in [0.4, 0.5) is 0 Å². The molecule has 1 aliphatic heterocycles. The fourth-order valence-corrected chi connectivity index (χ4v) is 4.30. The van der Waals surface area contributed by atoms with Gasteiger partial charge in [0.2, 0.25) is 11.7 Å². The van der Waals surface area contributed by atoms with E-state index in [1.807, 2.05) is 41.7 Å². The first-order valence-electron chi connectivity index (χ1n) is 9.10. The van der Waals surface area contributed by atoms with E-state index in [1.54, 1.807) is 0 Å². The Bertz CT molecular complexity index is 836. The van der Waals surface area contributed by atoms with E-state index in [2.05, 4.69) is 45.9 Å². The van der Waals surface area contributed by atoms with E-state index in [0.29, 0.717) is 11.7 Å². The average Bonchev–Trinajstić information content (AvgIpc) is 3.32. The molecule has 136 valence electrons. The van der Waals surface area contributed by atoms with Crippen molar-refractivity contribution in [2.45, 2.75) is 26.4 Å². The van der Waals surface area contributed by atoms with E-state index in [9.17, 15) is 0 Å². The minimum atomic E-state index is 0.145. The van der Waals surface area contributed by atoms with Crippen molar-refractivity contribution in [3.05, 3.63) is 58.1 Å². The van der Waals surface area contributed by atoms with Gasteiger partial charge < -0.3 is 4.52 Å². The van der Waals surface area contributed by atoms with E-state index in [0.717, 1.165) is 38.3 Å². The Morgan fingerprint density at radius 2 is 1.85 bits per heavy atom. The number of nitrogens with zero attached hydrogens (tertiary/aromatic N) is 4. The fourth-order valence-electron chi connectivity index (χ4n) is 3.36. The standard InChI is InChI=1S/C20H24N4OS/c1-15-8-9-18(26-15)14-23-10-12-24(13-11-23)16(2)20-21-19(22-25-20)17-6-4-3-5-7-17/h3-9,16H,10-14H2,1-2H3/t16-/m1/s1. The Kier molecular flexibility index (Phi) is 5.15. The number of benzene rings is 1. The number of rotatable bonds is 5. The Balaban J connectivity index is 1.35. The minimum absolute atomic E-state index is 0.145. The van der Waals surface area contributed by atoms with Gasteiger partial charge in [0, 0.05) is 48.0 Å². The van der Waals surface area contributed by atoms with Gasteiger partial charge in [-0.05, 0) is 26.0 Å². The van der Waals surface area contributed by atoms with Crippen LogP contribution < -0.4 is 0 Å². The molecule has 0 spiro atoms. The molecule has 1 fully saturated rings. The Labute approximate surface area is 158 Å². The van der Waals surface area contributed by atoms with Crippen molar-refractivity contribution in [2.75, 3.05) is 26.2 Å². The van der Waals surface area contributed by atoms with E-state index in [-0.39, 0.29) is 6.04 Å². The summed E-state index contributed by atoms with van der Waals surface area (Å²) in [7, 11) is 0. The van der Waals surface area contributed by atoms with Gasteiger partial charge in [0.15, 0.2) is 0 Å². The lowest BCUT2D eigenvalue weighted by Gasteiger charge is -2.36. The maximum Gasteiger partial charge on any atom is 0.244 e. The molecular weight excluding hydrogens is 344 g/mol. The number of thiophene rings is 1. The molecule has 1 aliphatic rings. The van der Waals surface area contributed by atoms with Crippen LogP contribution in [0.1, 0.15) is 28.6 Å². The molecule has 5 nitrogen and oxygen atoms in total. The van der Waals surface area contributed by atoms with Gasteiger partial charge >= 0.3 is 0 Å². The van der Waals surface area contributed by atoms with Gasteiger partial charge in [-0.25, -0.2) is 0 Å². The van der Waals surface area contributed by atoms with Gasteiger partial charge in [-0.15, -0.1) is 11.3 Å². The maximum absolute atomic E-state index is 5.54. The largest absolute Gasteiger partial charge is 0.337 e. The average molecular weight is 369 g/mol. The molecule has 0 aliphatic carbocycles. The van der Waals surface area contributed by atoms with E-state index in [1.165, 1.54) is 9.75 Å². The number of aryl methyl sites for hydroxylation is 1. The van der Waals surface area contributed by atoms with Crippen LogP contribution in [0.15, 0.2) is 47.0 Å². The lowest BCUT2D eigenvalue weighted by atomic mass is 10.2. The predicted molar refractivity (Wildman–Crippen MR) is 104 cm³/mol. The van der Waals surface area contributed by atoms with E-state index in [4.69, 9.17) is 4.52 Å². The monoisotopic (exact) mass is 368 g/mol. The van der Waals surface area contributed by atoms with E-state index < -0.39 is 0 Å². The third-order valence-corrected chi connectivity index (χ3v) is 5.95. The number of hydrogen-bond donors (Lipinski definition) is 0. The lowest BCUT2D eigenvalue weighted by Crippen LogP contribution is -2.46. The van der Waals surface area contributed by atoms with Gasteiger partial charge in [-0.1, -0.05) is 35.5 Å². The zero-order valence-electron chi connectivity index (χ0n) is 15.3. The molecule has 4 rings (SSSR count). The van der Waals surface area contributed by atoms with Crippen molar-refractivity contribution < 1.29 is 4.52 Å². The van der Waals surface area contributed by atoms with Crippen LogP contribution in [0, 0.1) is 6.92 Å². The van der Waals surface area contributed by atoms with Crippen molar-refractivity contribution in [2.24, 2.45) is 0 Å². The highest BCUT2D eigenvalue weighted by Crippen LogP contribution is 2.24. The molecule has 0 unspecified atom stereocenters. The summed E-state index contributed by atoms with van der Waals surface area (Å²) in [5, 5.41) is 4.15. The van der Waals surface area contributed by atoms with Gasteiger partial charge in [0.1, 0.15) is 0 Å².